The molecule has 0 unspecified atom stereocenters. The van der Waals surface area contributed by atoms with Crippen molar-refractivity contribution in [2.24, 2.45) is 0 Å². The zero-order chi connectivity index (χ0) is 22.9. The number of carbonyl (C=O) groups is 2. The highest BCUT2D eigenvalue weighted by Crippen LogP contribution is 2.21. The summed E-state index contributed by atoms with van der Waals surface area (Å²) in [6.45, 7) is 3.79. The standard InChI is InChI=1S/C26H28N2O4/c1-4-24(32-21-16-14-20(31-3)15-17-21)26(30)28-23-13-9-8-12-22(23)25(29)27-18(2)19-10-6-5-7-11-19/h5-18,24H,4H2,1-3H3,(H,27,29)(H,28,30)/t18-,24+/m1/s1. The molecule has 0 fully saturated rings. The summed E-state index contributed by atoms with van der Waals surface area (Å²) in [5.41, 5.74) is 1.83. The molecule has 0 spiro atoms. The summed E-state index contributed by atoms with van der Waals surface area (Å²) in [5, 5.41) is 5.84. The Morgan fingerprint density at radius 1 is 0.875 bits per heavy atom. The summed E-state index contributed by atoms with van der Waals surface area (Å²) in [5.74, 6) is 0.691. The molecule has 0 aliphatic carbocycles. The molecule has 0 aliphatic rings. The van der Waals surface area contributed by atoms with E-state index in [1.165, 1.54) is 0 Å². The Kier molecular flexibility index (Phi) is 7.86. The summed E-state index contributed by atoms with van der Waals surface area (Å²) in [4.78, 5) is 25.8. The van der Waals surface area contributed by atoms with Crippen LogP contribution in [0.15, 0.2) is 78.9 Å². The number of ether oxygens (including phenoxy) is 2. The van der Waals surface area contributed by atoms with Gasteiger partial charge in [-0.15, -0.1) is 0 Å². The van der Waals surface area contributed by atoms with Crippen LogP contribution in [0.25, 0.3) is 0 Å². The van der Waals surface area contributed by atoms with Crippen molar-refractivity contribution < 1.29 is 19.1 Å². The lowest BCUT2D eigenvalue weighted by atomic mass is 10.1. The van der Waals surface area contributed by atoms with Crippen molar-refractivity contribution in [3.05, 3.63) is 90.0 Å². The van der Waals surface area contributed by atoms with Crippen LogP contribution >= 0.6 is 0 Å². The van der Waals surface area contributed by atoms with Gasteiger partial charge in [-0.05, 0) is 55.3 Å². The number of rotatable bonds is 9. The zero-order valence-electron chi connectivity index (χ0n) is 18.5. The van der Waals surface area contributed by atoms with Crippen LogP contribution in [-0.2, 0) is 4.79 Å². The summed E-state index contributed by atoms with van der Waals surface area (Å²) >= 11 is 0. The van der Waals surface area contributed by atoms with Crippen molar-refractivity contribution in [3.63, 3.8) is 0 Å². The second-order valence-corrected chi connectivity index (χ2v) is 7.33. The summed E-state index contributed by atoms with van der Waals surface area (Å²) < 4.78 is 11.0. The normalized spacial score (nSPS) is 12.3. The minimum atomic E-state index is -0.706. The number of hydrogen-bond donors (Lipinski definition) is 2. The van der Waals surface area contributed by atoms with Crippen molar-refractivity contribution in [2.45, 2.75) is 32.4 Å². The third-order valence-electron chi connectivity index (χ3n) is 5.08. The average molecular weight is 433 g/mol. The molecule has 3 rings (SSSR count). The quantitative estimate of drug-likeness (QED) is 0.500. The first-order valence-corrected chi connectivity index (χ1v) is 10.6. The highest BCUT2D eigenvalue weighted by molar-refractivity contribution is 6.04. The average Bonchev–Trinajstić information content (AvgIpc) is 2.83. The van der Waals surface area contributed by atoms with Gasteiger partial charge >= 0.3 is 0 Å². The van der Waals surface area contributed by atoms with Crippen LogP contribution in [0.3, 0.4) is 0 Å². The molecule has 3 aromatic rings. The van der Waals surface area contributed by atoms with Crippen LogP contribution in [-0.4, -0.2) is 25.0 Å². The highest BCUT2D eigenvalue weighted by atomic mass is 16.5. The molecule has 0 heterocycles. The van der Waals surface area contributed by atoms with Crippen molar-refractivity contribution in [1.82, 2.24) is 5.32 Å². The van der Waals surface area contributed by atoms with E-state index in [1.54, 1.807) is 55.6 Å². The molecule has 6 nitrogen and oxygen atoms in total. The first-order chi connectivity index (χ1) is 15.5. The van der Waals surface area contributed by atoms with Gasteiger partial charge in [0.05, 0.1) is 24.4 Å². The number of anilines is 1. The van der Waals surface area contributed by atoms with E-state index >= 15 is 0 Å². The van der Waals surface area contributed by atoms with Gasteiger partial charge < -0.3 is 20.1 Å². The molecule has 2 amide bonds. The van der Waals surface area contributed by atoms with Gasteiger partial charge in [0, 0.05) is 0 Å². The van der Waals surface area contributed by atoms with Crippen LogP contribution < -0.4 is 20.1 Å². The lowest BCUT2D eigenvalue weighted by Gasteiger charge is -2.19. The fourth-order valence-electron chi connectivity index (χ4n) is 3.24. The van der Waals surface area contributed by atoms with Crippen molar-refractivity contribution >= 4 is 17.5 Å². The molecule has 166 valence electrons. The monoisotopic (exact) mass is 432 g/mol. The zero-order valence-corrected chi connectivity index (χ0v) is 18.5. The number of carbonyl (C=O) groups excluding carboxylic acids is 2. The van der Waals surface area contributed by atoms with Crippen molar-refractivity contribution in [1.29, 1.82) is 0 Å². The van der Waals surface area contributed by atoms with Crippen molar-refractivity contribution in [2.75, 3.05) is 12.4 Å². The van der Waals surface area contributed by atoms with E-state index in [1.807, 2.05) is 44.2 Å². The van der Waals surface area contributed by atoms with Crippen LogP contribution in [0.4, 0.5) is 5.69 Å². The summed E-state index contributed by atoms with van der Waals surface area (Å²) in [6.07, 6.45) is -0.236. The van der Waals surface area contributed by atoms with Gasteiger partial charge in [0.15, 0.2) is 6.10 Å². The van der Waals surface area contributed by atoms with E-state index in [0.717, 1.165) is 5.56 Å². The number of methoxy groups -OCH3 is 1. The van der Waals surface area contributed by atoms with Crippen LogP contribution in [0, 0.1) is 0 Å². The Balaban J connectivity index is 1.69. The minimum absolute atomic E-state index is 0.172. The summed E-state index contributed by atoms with van der Waals surface area (Å²) in [7, 11) is 1.59. The predicted molar refractivity (Wildman–Crippen MR) is 125 cm³/mol. The van der Waals surface area contributed by atoms with Crippen molar-refractivity contribution in [3.8, 4) is 11.5 Å². The third-order valence-corrected chi connectivity index (χ3v) is 5.08. The van der Waals surface area contributed by atoms with E-state index in [9.17, 15) is 9.59 Å². The Morgan fingerprint density at radius 2 is 1.50 bits per heavy atom. The Morgan fingerprint density at radius 3 is 2.16 bits per heavy atom. The fraction of sp³-hybridized carbons (Fsp3) is 0.231. The molecule has 6 heteroatoms. The number of benzene rings is 3. The molecule has 0 radical (unpaired) electrons. The van der Waals surface area contributed by atoms with Gasteiger partial charge in [0.2, 0.25) is 0 Å². The van der Waals surface area contributed by atoms with Gasteiger partial charge in [0.1, 0.15) is 11.5 Å². The van der Waals surface area contributed by atoms with Crippen LogP contribution in [0.5, 0.6) is 11.5 Å². The topological polar surface area (TPSA) is 76.7 Å². The molecule has 0 bridgehead atoms. The number of hydrogen-bond acceptors (Lipinski definition) is 4. The lowest BCUT2D eigenvalue weighted by molar-refractivity contribution is -0.122. The highest BCUT2D eigenvalue weighted by Gasteiger charge is 2.21. The number of amides is 2. The van der Waals surface area contributed by atoms with E-state index in [0.29, 0.717) is 29.2 Å². The largest absolute Gasteiger partial charge is 0.497 e. The Hall–Kier alpha value is -3.80. The number of para-hydroxylation sites is 1. The van der Waals surface area contributed by atoms with Gasteiger partial charge in [-0.3, -0.25) is 9.59 Å². The molecule has 3 aromatic carbocycles. The van der Waals surface area contributed by atoms with E-state index in [-0.39, 0.29) is 17.9 Å². The molecule has 2 N–H and O–H groups in total. The third kappa shape index (κ3) is 5.88. The van der Waals surface area contributed by atoms with Gasteiger partial charge in [-0.25, -0.2) is 0 Å². The van der Waals surface area contributed by atoms with Crippen LogP contribution in [0.1, 0.15) is 42.2 Å². The van der Waals surface area contributed by atoms with E-state index in [4.69, 9.17) is 9.47 Å². The first kappa shape index (κ1) is 22.9. The summed E-state index contributed by atoms with van der Waals surface area (Å²) in [6, 6.07) is 23.5. The molecule has 0 aliphatic heterocycles. The molecule has 0 aromatic heterocycles. The van der Waals surface area contributed by atoms with E-state index < -0.39 is 6.10 Å². The van der Waals surface area contributed by atoms with Gasteiger partial charge in [-0.1, -0.05) is 49.4 Å². The van der Waals surface area contributed by atoms with Crippen LogP contribution in [0.2, 0.25) is 0 Å². The Labute approximate surface area is 188 Å². The molecule has 0 saturated heterocycles. The van der Waals surface area contributed by atoms with Gasteiger partial charge in [0.25, 0.3) is 11.8 Å². The van der Waals surface area contributed by atoms with Gasteiger partial charge in [-0.2, -0.15) is 0 Å². The fourth-order valence-corrected chi connectivity index (χ4v) is 3.24. The SMILES string of the molecule is CC[C@H](Oc1ccc(OC)cc1)C(=O)Nc1ccccc1C(=O)N[C@H](C)c1ccccc1. The Bertz CT molecular complexity index is 1040. The molecule has 32 heavy (non-hydrogen) atoms. The molecular formula is C26H28N2O4. The van der Waals surface area contributed by atoms with E-state index in [2.05, 4.69) is 10.6 Å². The molecular weight excluding hydrogens is 404 g/mol. The minimum Gasteiger partial charge on any atom is -0.497 e. The second kappa shape index (κ2) is 11.0. The molecule has 2 atom stereocenters. The lowest BCUT2D eigenvalue weighted by Crippen LogP contribution is -2.34. The molecule has 0 saturated carbocycles. The number of nitrogens with one attached hydrogen (secondary N) is 2. The maximum absolute atomic E-state index is 12.9. The second-order valence-electron chi connectivity index (χ2n) is 7.33. The maximum atomic E-state index is 12.9. The smallest absolute Gasteiger partial charge is 0.265 e. The first-order valence-electron chi connectivity index (χ1n) is 10.6. The predicted octanol–water partition coefficient (Wildman–Crippen LogP) is 4.98. The maximum Gasteiger partial charge on any atom is 0.265 e.